The molecule has 0 saturated heterocycles. The van der Waals surface area contributed by atoms with Gasteiger partial charge in [0.25, 0.3) is 0 Å². The first kappa shape index (κ1) is 9.93. The number of nitrogens with zero attached hydrogens (tertiary/aromatic N) is 2. The molecule has 1 aromatic carbocycles. The Kier molecular flexibility index (Phi) is 3.15. The zero-order valence-electron chi connectivity index (χ0n) is 8.71. The Bertz CT molecular complexity index is 406. The summed E-state index contributed by atoms with van der Waals surface area (Å²) in [4.78, 5) is 0. The first-order chi connectivity index (χ1) is 7.38. The number of nitrogens with two attached hydrogens (primary N) is 1. The molecule has 0 aliphatic rings. The standard InChI is InChI=1S/C12H16N3/c13-6-7-14-8-9-15(11-14)10-12-4-2-1-3-5-12/h1-5,8-9,11H,6-7,10,13H2/q+1. The SMILES string of the molecule is NCCn1cc[n+](Cc2ccccc2)c1. The topological polar surface area (TPSA) is 34.8 Å². The lowest BCUT2D eigenvalue weighted by Crippen LogP contribution is -2.31. The van der Waals surface area contributed by atoms with Gasteiger partial charge in [-0.1, -0.05) is 30.3 Å². The van der Waals surface area contributed by atoms with E-state index < -0.39 is 0 Å². The van der Waals surface area contributed by atoms with E-state index >= 15 is 0 Å². The number of hydrogen-bond donors (Lipinski definition) is 1. The third kappa shape index (κ3) is 2.67. The van der Waals surface area contributed by atoms with Gasteiger partial charge in [-0.25, -0.2) is 9.13 Å². The fraction of sp³-hybridized carbons (Fsp3) is 0.250. The summed E-state index contributed by atoms with van der Waals surface area (Å²) in [7, 11) is 0. The Morgan fingerprint density at radius 2 is 2.00 bits per heavy atom. The van der Waals surface area contributed by atoms with E-state index in [2.05, 4.69) is 52.1 Å². The van der Waals surface area contributed by atoms with E-state index in [-0.39, 0.29) is 0 Å². The Balaban J connectivity index is 2.05. The van der Waals surface area contributed by atoms with Crippen molar-refractivity contribution in [3.8, 4) is 0 Å². The first-order valence-electron chi connectivity index (χ1n) is 5.17. The van der Waals surface area contributed by atoms with Crippen LogP contribution >= 0.6 is 0 Å². The van der Waals surface area contributed by atoms with E-state index in [1.165, 1.54) is 5.56 Å². The molecule has 0 bridgehead atoms. The van der Waals surface area contributed by atoms with Crippen molar-refractivity contribution in [2.24, 2.45) is 5.73 Å². The van der Waals surface area contributed by atoms with E-state index in [4.69, 9.17) is 5.73 Å². The number of benzene rings is 1. The summed E-state index contributed by atoms with van der Waals surface area (Å²) in [5.74, 6) is 0. The van der Waals surface area contributed by atoms with Gasteiger partial charge in [-0.3, -0.25) is 0 Å². The third-order valence-corrected chi connectivity index (χ3v) is 2.34. The van der Waals surface area contributed by atoms with Crippen LogP contribution < -0.4 is 10.3 Å². The number of rotatable bonds is 4. The van der Waals surface area contributed by atoms with Gasteiger partial charge < -0.3 is 5.73 Å². The molecule has 0 atom stereocenters. The molecule has 0 aliphatic heterocycles. The molecule has 1 aromatic heterocycles. The van der Waals surface area contributed by atoms with Gasteiger partial charge in [-0.15, -0.1) is 0 Å². The van der Waals surface area contributed by atoms with Crippen LogP contribution in [0.1, 0.15) is 5.56 Å². The van der Waals surface area contributed by atoms with Gasteiger partial charge in [-0.2, -0.15) is 0 Å². The predicted octanol–water partition coefficient (Wildman–Crippen LogP) is 0.783. The molecular formula is C12H16N3+. The van der Waals surface area contributed by atoms with E-state index in [1.54, 1.807) is 0 Å². The van der Waals surface area contributed by atoms with Crippen LogP contribution in [0.5, 0.6) is 0 Å². The third-order valence-electron chi connectivity index (χ3n) is 2.34. The maximum Gasteiger partial charge on any atom is 0.244 e. The van der Waals surface area contributed by atoms with Gasteiger partial charge in [0.1, 0.15) is 25.5 Å². The summed E-state index contributed by atoms with van der Waals surface area (Å²) in [6.07, 6.45) is 6.21. The normalized spacial score (nSPS) is 10.5. The summed E-state index contributed by atoms with van der Waals surface area (Å²) in [6, 6.07) is 10.4. The summed E-state index contributed by atoms with van der Waals surface area (Å²) in [5.41, 5.74) is 6.81. The molecule has 78 valence electrons. The summed E-state index contributed by atoms with van der Waals surface area (Å²) >= 11 is 0. The molecule has 0 unspecified atom stereocenters. The zero-order valence-corrected chi connectivity index (χ0v) is 8.71. The average molecular weight is 202 g/mol. The second kappa shape index (κ2) is 4.75. The molecule has 2 N–H and O–H groups in total. The maximum atomic E-state index is 5.49. The Morgan fingerprint density at radius 1 is 1.20 bits per heavy atom. The fourth-order valence-electron chi connectivity index (χ4n) is 1.61. The van der Waals surface area contributed by atoms with Gasteiger partial charge in [0.05, 0.1) is 0 Å². The molecule has 3 nitrogen and oxygen atoms in total. The molecule has 2 aromatic rings. The number of imidazole rings is 1. The molecule has 0 radical (unpaired) electrons. The monoisotopic (exact) mass is 202 g/mol. The van der Waals surface area contributed by atoms with E-state index in [0.717, 1.165) is 13.1 Å². The first-order valence-corrected chi connectivity index (χ1v) is 5.17. The highest BCUT2D eigenvalue weighted by molar-refractivity contribution is 5.13. The lowest BCUT2D eigenvalue weighted by molar-refractivity contribution is -0.687. The number of hydrogen-bond acceptors (Lipinski definition) is 1. The molecule has 0 fully saturated rings. The van der Waals surface area contributed by atoms with Crippen LogP contribution in [-0.2, 0) is 13.1 Å². The quantitative estimate of drug-likeness (QED) is 0.731. The van der Waals surface area contributed by atoms with E-state index in [1.807, 2.05) is 6.07 Å². The van der Waals surface area contributed by atoms with Crippen LogP contribution in [0.2, 0.25) is 0 Å². The van der Waals surface area contributed by atoms with E-state index in [9.17, 15) is 0 Å². The van der Waals surface area contributed by atoms with Gasteiger partial charge in [0.15, 0.2) is 0 Å². The molecule has 0 aliphatic carbocycles. The van der Waals surface area contributed by atoms with Gasteiger partial charge in [-0.05, 0) is 5.56 Å². The van der Waals surface area contributed by atoms with Crippen molar-refractivity contribution in [2.75, 3.05) is 6.54 Å². The highest BCUT2D eigenvalue weighted by Crippen LogP contribution is 1.97. The summed E-state index contributed by atoms with van der Waals surface area (Å²) in [5, 5.41) is 0. The van der Waals surface area contributed by atoms with Crippen molar-refractivity contribution in [2.45, 2.75) is 13.1 Å². The van der Waals surface area contributed by atoms with Gasteiger partial charge in [0.2, 0.25) is 6.33 Å². The van der Waals surface area contributed by atoms with Crippen molar-refractivity contribution < 1.29 is 4.57 Å². The largest absolute Gasteiger partial charge is 0.327 e. The smallest absolute Gasteiger partial charge is 0.244 e. The summed E-state index contributed by atoms with van der Waals surface area (Å²) < 4.78 is 4.26. The van der Waals surface area contributed by atoms with Gasteiger partial charge >= 0.3 is 0 Å². The second-order valence-corrected chi connectivity index (χ2v) is 3.60. The molecule has 0 saturated carbocycles. The van der Waals surface area contributed by atoms with Crippen molar-refractivity contribution in [3.63, 3.8) is 0 Å². The Labute approximate surface area is 89.8 Å². The van der Waals surface area contributed by atoms with Gasteiger partial charge in [0, 0.05) is 6.54 Å². The molecular weight excluding hydrogens is 186 g/mol. The Hall–Kier alpha value is -1.61. The molecule has 2 rings (SSSR count). The van der Waals surface area contributed by atoms with Crippen LogP contribution in [0.15, 0.2) is 49.1 Å². The number of aromatic nitrogens is 2. The Morgan fingerprint density at radius 3 is 2.73 bits per heavy atom. The molecule has 1 heterocycles. The minimum absolute atomic E-state index is 0.681. The molecule has 0 amide bonds. The minimum Gasteiger partial charge on any atom is -0.327 e. The highest BCUT2D eigenvalue weighted by atomic mass is 15.1. The van der Waals surface area contributed by atoms with Crippen LogP contribution in [0, 0.1) is 0 Å². The van der Waals surface area contributed by atoms with Crippen molar-refractivity contribution >= 4 is 0 Å². The average Bonchev–Trinajstić information content (AvgIpc) is 2.68. The lowest BCUT2D eigenvalue weighted by Gasteiger charge is -1.96. The van der Waals surface area contributed by atoms with Crippen LogP contribution in [0.25, 0.3) is 0 Å². The highest BCUT2D eigenvalue weighted by Gasteiger charge is 2.02. The molecule has 0 spiro atoms. The zero-order chi connectivity index (χ0) is 10.5. The predicted molar refractivity (Wildman–Crippen MR) is 59.2 cm³/mol. The van der Waals surface area contributed by atoms with Crippen LogP contribution in [0.4, 0.5) is 0 Å². The van der Waals surface area contributed by atoms with E-state index in [0.29, 0.717) is 6.54 Å². The second-order valence-electron chi connectivity index (χ2n) is 3.60. The van der Waals surface area contributed by atoms with Crippen molar-refractivity contribution in [1.82, 2.24) is 4.57 Å². The van der Waals surface area contributed by atoms with Crippen LogP contribution in [0.3, 0.4) is 0 Å². The summed E-state index contributed by atoms with van der Waals surface area (Å²) in [6.45, 7) is 2.47. The molecule has 15 heavy (non-hydrogen) atoms. The molecule has 3 heteroatoms. The lowest BCUT2D eigenvalue weighted by atomic mass is 10.2. The maximum absolute atomic E-state index is 5.49. The van der Waals surface area contributed by atoms with Crippen molar-refractivity contribution in [3.05, 3.63) is 54.6 Å². The van der Waals surface area contributed by atoms with Crippen LogP contribution in [-0.4, -0.2) is 11.1 Å². The van der Waals surface area contributed by atoms with Crippen molar-refractivity contribution in [1.29, 1.82) is 0 Å². The minimum atomic E-state index is 0.681. The fourth-order valence-corrected chi connectivity index (χ4v) is 1.61.